The minimum atomic E-state index is -0.00771. The van der Waals surface area contributed by atoms with Gasteiger partial charge in [-0.05, 0) is 55.5 Å². The van der Waals surface area contributed by atoms with Crippen LogP contribution in [0.2, 0.25) is 5.02 Å². The summed E-state index contributed by atoms with van der Waals surface area (Å²) >= 11 is 7.23. The summed E-state index contributed by atoms with van der Waals surface area (Å²) < 4.78 is 13.3. The molecule has 0 spiro atoms. The van der Waals surface area contributed by atoms with Gasteiger partial charge in [0.05, 0.1) is 18.6 Å². The second-order valence-electron chi connectivity index (χ2n) is 6.88. The van der Waals surface area contributed by atoms with Crippen molar-refractivity contribution in [3.05, 3.63) is 94.7 Å². The fraction of sp³-hybridized carbons (Fsp3) is 0.174. The monoisotopic (exact) mass is 453 g/mol. The van der Waals surface area contributed by atoms with Crippen molar-refractivity contribution in [1.29, 1.82) is 0 Å². The van der Waals surface area contributed by atoms with Gasteiger partial charge in [-0.1, -0.05) is 41.1 Å². The molecule has 4 rings (SSSR count). The number of aryl methyl sites for hydroxylation is 1. The molecule has 158 valence electrons. The molecule has 2 heterocycles. The normalized spacial score (nSPS) is 10.9. The van der Waals surface area contributed by atoms with Gasteiger partial charge >= 0.3 is 0 Å². The van der Waals surface area contributed by atoms with E-state index in [1.165, 1.54) is 11.8 Å². The van der Waals surface area contributed by atoms with Gasteiger partial charge in [-0.25, -0.2) is 0 Å². The first-order chi connectivity index (χ1) is 15.1. The Morgan fingerprint density at radius 3 is 2.58 bits per heavy atom. The summed E-state index contributed by atoms with van der Waals surface area (Å²) in [5, 5.41) is 9.80. The van der Waals surface area contributed by atoms with Crippen LogP contribution in [0.25, 0.3) is 0 Å². The first-order valence-corrected chi connectivity index (χ1v) is 11.0. The lowest BCUT2D eigenvalue weighted by Crippen LogP contribution is -2.10. The molecule has 8 heteroatoms. The van der Waals surface area contributed by atoms with Crippen LogP contribution in [0.1, 0.15) is 27.5 Å². The zero-order valence-corrected chi connectivity index (χ0v) is 18.4. The number of benzene rings is 2. The Labute approximate surface area is 189 Å². The Kier molecular flexibility index (Phi) is 6.74. The summed E-state index contributed by atoms with van der Waals surface area (Å²) in [5.41, 5.74) is 1.77. The third-order valence-corrected chi connectivity index (χ3v) is 5.79. The fourth-order valence-electron chi connectivity index (χ4n) is 2.88. The number of carbonyl (C=O) groups excluding carboxylic acids is 1. The molecule has 0 bridgehead atoms. The third kappa shape index (κ3) is 5.57. The number of nitrogens with zero attached hydrogens (tertiary/aromatic N) is 3. The lowest BCUT2D eigenvalue weighted by atomic mass is 10.1. The average Bonchev–Trinajstić information content (AvgIpc) is 3.43. The quantitative estimate of drug-likeness (QED) is 0.248. The topological polar surface area (TPSA) is 70.2 Å². The van der Waals surface area contributed by atoms with Crippen LogP contribution in [0.15, 0.2) is 76.5 Å². The molecular weight excluding hydrogens is 434 g/mol. The molecule has 0 atom stereocenters. The predicted octanol–water partition coefficient (Wildman–Crippen LogP) is 5.44. The first kappa shape index (κ1) is 21.2. The summed E-state index contributed by atoms with van der Waals surface area (Å²) in [6.45, 7) is 2.73. The Hall–Kier alpha value is -3.03. The number of carbonyl (C=O) groups is 1. The van der Waals surface area contributed by atoms with E-state index in [0.29, 0.717) is 28.1 Å². The van der Waals surface area contributed by atoms with E-state index in [1.54, 1.807) is 30.5 Å². The summed E-state index contributed by atoms with van der Waals surface area (Å²) in [4.78, 5) is 12.5. The summed E-state index contributed by atoms with van der Waals surface area (Å²) in [6.07, 6.45) is 1.62. The molecule has 0 amide bonds. The van der Waals surface area contributed by atoms with Gasteiger partial charge in [-0.3, -0.25) is 9.36 Å². The highest BCUT2D eigenvalue weighted by atomic mass is 35.5. The van der Waals surface area contributed by atoms with Crippen molar-refractivity contribution in [2.75, 3.05) is 5.75 Å². The predicted molar refractivity (Wildman–Crippen MR) is 120 cm³/mol. The maximum Gasteiger partial charge on any atom is 0.192 e. The minimum absolute atomic E-state index is 0.00771. The van der Waals surface area contributed by atoms with E-state index in [1.807, 2.05) is 47.9 Å². The van der Waals surface area contributed by atoms with Crippen molar-refractivity contribution in [2.24, 2.45) is 0 Å². The highest BCUT2D eigenvalue weighted by molar-refractivity contribution is 7.99. The fourth-order valence-corrected chi connectivity index (χ4v) is 3.86. The van der Waals surface area contributed by atoms with Crippen LogP contribution in [0.3, 0.4) is 0 Å². The number of hydrogen-bond acceptors (Lipinski definition) is 6. The van der Waals surface area contributed by atoms with Crippen molar-refractivity contribution in [3.63, 3.8) is 0 Å². The van der Waals surface area contributed by atoms with E-state index in [2.05, 4.69) is 10.2 Å². The number of furan rings is 1. The van der Waals surface area contributed by atoms with Gasteiger partial charge in [-0.15, -0.1) is 10.2 Å². The number of Topliss-reactive ketones (excluding diaryl/α,β-unsaturated/α-hetero) is 1. The maximum atomic E-state index is 12.5. The van der Waals surface area contributed by atoms with E-state index in [9.17, 15) is 4.79 Å². The van der Waals surface area contributed by atoms with Gasteiger partial charge in [0.25, 0.3) is 0 Å². The molecule has 0 fully saturated rings. The number of ketones is 1. The number of ether oxygens (including phenoxy) is 1. The van der Waals surface area contributed by atoms with Gasteiger partial charge < -0.3 is 9.15 Å². The van der Waals surface area contributed by atoms with Crippen molar-refractivity contribution in [1.82, 2.24) is 14.8 Å². The summed E-state index contributed by atoms with van der Waals surface area (Å²) in [7, 11) is 0. The molecule has 0 aliphatic heterocycles. The van der Waals surface area contributed by atoms with Crippen LogP contribution in [-0.4, -0.2) is 26.3 Å². The highest BCUT2D eigenvalue weighted by Crippen LogP contribution is 2.22. The zero-order valence-electron chi connectivity index (χ0n) is 16.8. The van der Waals surface area contributed by atoms with Crippen LogP contribution >= 0.6 is 23.4 Å². The Bertz CT molecular complexity index is 1140. The van der Waals surface area contributed by atoms with Crippen molar-refractivity contribution in [3.8, 4) is 5.75 Å². The molecule has 0 N–H and O–H groups in total. The van der Waals surface area contributed by atoms with Crippen molar-refractivity contribution >= 4 is 29.1 Å². The molecular formula is C23H20ClN3O3S. The molecule has 0 saturated heterocycles. The van der Waals surface area contributed by atoms with Crippen LogP contribution in [0.5, 0.6) is 5.75 Å². The number of thioether (sulfide) groups is 1. The summed E-state index contributed by atoms with van der Waals surface area (Å²) in [6, 6.07) is 18.4. The van der Waals surface area contributed by atoms with Crippen molar-refractivity contribution < 1.29 is 13.9 Å². The second-order valence-corrected chi connectivity index (χ2v) is 8.26. The highest BCUT2D eigenvalue weighted by Gasteiger charge is 2.17. The van der Waals surface area contributed by atoms with Crippen LogP contribution in [0, 0.1) is 6.92 Å². The maximum absolute atomic E-state index is 12.5. The lowest BCUT2D eigenvalue weighted by Gasteiger charge is -2.10. The Morgan fingerprint density at radius 1 is 1.10 bits per heavy atom. The van der Waals surface area contributed by atoms with Crippen LogP contribution < -0.4 is 4.74 Å². The van der Waals surface area contributed by atoms with E-state index in [0.717, 1.165) is 17.1 Å². The largest absolute Gasteiger partial charge is 0.486 e. The Morgan fingerprint density at radius 2 is 1.87 bits per heavy atom. The van der Waals surface area contributed by atoms with Crippen LogP contribution in [0.4, 0.5) is 0 Å². The van der Waals surface area contributed by atoms with Gasteiger partial charge in [0.15, 0.2) is 16.8 Å². The molecule has 0 radical (unpaired) electrons. The molecule has 0 saturated carbocycles. The minimum Gasteiger partial charge on any atom is -0.486 e. The van der Waals surface area contributed by atoms with E-state index >= 15 is 0 Å². The second kappa shape index (κ2) is 9.85. The zero-order chi connectivity index (χ0) is 21.6. The number of hydrogen-bond donors (Lipinski definition) is 0. The molecule has 2 aromatic carbocycles. The summed E-state index contributed by atoms with van der Waals surface area (Å²) in [5.74, 6) is 2.40. The Balaban J connectivity index is 1.48. The third-order valence-electron chi connectivity index (χ3n) is 4.57. The SMILES string of the molecule is Cc1ccc(OCc2nnc(SCC(=O)c3ccc(Cl)cc3)n2Cc2ccco2)cc1. The van der Waals surface area contributed by atoms with E-state index < -0.39 is 0 Å². The van der Waals surface area contributed by atoms with E-state index in [4.69, 9.17) is 20.8 Å². The number of aromatic nitrogens is 3. The number of rotatable bonds is 9. The van der Waals surface area contributed by atoms with Gasteiger partial charge in [0, 0.05) is 10.6 Å². The van der Waals surface area contributed by atoms with Crippen LogP contribution in [-0.2, 0) is 13.2 Å². The van der Waals surface area contributed by atoms with Crippen molar-refractivity contribution in [2.45, 2.75) is 25.2 Å². The lowest BCUT2D eigenvalue weighted by molar-refractivity contribution is 0.102. The molecule has 0 unspecified atom stereocenters. The molecule has 31 heavy (non-hydrogen) atoms. The number of halogens is 1. The van der Waals surface area contributed by atoms with Gasteiger partial charge in [-0.2, -0.15) is 0 Å². The van der Waals surface area contributed by atoms with Gasteiger partial charge in [0.2, 0.25) is 0 Å². The average molecular weight is 454 g/mol. The molecule has 4 aromatic rings. The first-order valence-electron chi connectivity index (χ1n) is 9.64. The smallest absolute Gasteiger partial charge is 0.192 e. The molecule has 0 aliphatic carbocycles. The molecule has 2 aromatic heterocycles. The standard InChI is InChI=1S/C23H20ClN3O3S/c1-16-4-10-19(11-5-16)30-14-22-25-26-23(27(22)13-20-3-2-12-29-20)31-15-21(28)17-6-8-18(24)9-7-17/h2-12H,13-15H2,1H3. The van der Waals surface area contributed by atoms with Gasteiger partial charge in [0.1, 0.15) is 18.1 Å². The molecule has 0 aliphatic rings. The molecule has 6 nitrogen and oxygen atoms in total. The van der Waals surface area contributed by atoms with E-state index in [-0.39, 0.29) is 18.1 Å².